The van der Waals surface area contributed by atoms with Crippen molar-refractivity contribution in [2.45, 2.75) is 45.1 Å². The number of rotatable bonds is 3. The van der Waals surface area contributed by atoms with Crippen LogP contribution in [0.3, 0.4) is 0 Å². The molecule has 2 atom stereocenters. The number of nitrogens with zero attached hydrogens (tertiary/aromatic N) is 2. The summed E-state index contributed by atoms with van der Waals surface area (Å²) in [5.74, 6) is 1.75. The molecular formula is C15H21N3O2S. The van der Waals surface area contributed by atoms with Gasteiger partial charge in [0.1, 0.15) is 10.5 Å². The Kier molecular flexibility index (Phi) is 3.75. The zero-order valence-electron chi connectivity index (χ0n) is 12.7. The monoisotopic (exact) mass is 307 g/mol. The van der Waals surface area contributed by atoms with Crippen molar-refractivity contribution in [3.8, 4) is 10.8 Å². The molecule has 2 unspecified atom stereocenters. The van der Waals surface area contributed by atoms with E-state index in [-0.39, 0.29) is 0 Å². The second-order valence-corrected chi connectivity index (χ2v) is 6.86. The first kappa shape index (κ1) is 14.5. The molecule has 114 valence electrons. The van der Waals surface area contributed by atoms with Crippen LogP contribution in [0.2, 0.25) is 0 Å². The summed E-state index contributed by atoms with van der Waals surface area (Å²) < 4.78 is 11.3. The molecule has 1 aliphatic rings. The average molecular weight is 307 g/mol. The predicted octanol–water partition coefficient (Wildman–Crippen LogP) is 3.74. The van der Waals surface area contributed by atoms with E-state index in [4.69, 9.17) is 15.0 Å². The Morgan fingerprint density at radius 3 is 2.95 bits per heavy atom. The number of aryl methyl sites for hydroxylation is 1. The number of thiophene rings is 1. The smallest absolute Gasteiger partial charge is 0.270 e. The molecule has 2 N–H and O–H groups in total. The van der Waals surface area contributed by atoms with Gasteiger partial charge in [0.05, 0.1) is 5.69 Å². The molecule has 0 bridgehead atoms. The van der Waals surface area contributed by atoms with Gasteiger partial charge in [-0.25, -0.2) is 0 Å². The Balaban J connectivity index is 1.95. The standard InChI is InChI=1S/C15H21N3O2S/c1-9-5-4-6-15(7-9,19-3)14-17-13(20-18-14)12-11(16)10(2)8-21-12/h8-9H,4-7,16H2,1-3H3. The summed E-state index contributed by atoms with van der Waals surface area (Å²) in [6.45, 7) is 4.22. The lowest BCUT2D eigenvalue weighted by Gasteiger charge is -2.36. The van der Waals surface area contributed by atoms with Crippen LogP contribution in [0.25, 0.3) is 10.8 Å². The third-order valence-electron chi connectivity index (χ3n) is 4.40. The molecule has 0 saturated heterocycles. The Hall–Kier alpha value is -1.40. The molecule has 1 saturated carbocycles. The molecule has 0 spiro atoms. The summed E-state index contributed by atoms with van der Waals surface area (Å²) in [5.41, 5.74) is 7.41. The highest BCUT2D eigenvalue weighted by Gasteiger charge is 2.41. The van der Waals surface area contributed by atoms with Crippen molar-refractivity contribution >= 4 is 17.0 Å². The molecule has 0 aromatic carbocycles. The van der Waals surface area contributed by atoms with Gasteiger partial charge >= 0.3 is 0 Å². The highest BCUT2D eigenvalue weighted by atomic mass is 32.1. The van der Waals surface area contributed by atoms with E-state index in [0.29, 0.717) is 17.6 Å². The van der Waals surface area contributed by atoms with Crippen LogP contribution in [-0.2, 0) is 10.3 Å². The Morgan fingerprint density at radius 2 is 2.33 bits per heavy atom. The summed E-state index contributed by atoms with van der Waals surface area (Å²) in [7, 11) is 1.73. The molecule has 1 aliphatic carbocycles. The number of ether oxygens (including phenoxy) is 1. The van der Waals surface area contributed by atoms with Crippen LogP contribution in [-0.4, -0.2) is 17.3 Å². The Morgan fingerprint density at radius 1 is 1.52 bits per heavy atom. The first-order valence-electron chi connectivity index (χ1n) is 7.29. The zero-order chi connectivity index (χ0) is 15.0. The maximum atomic E-state index is 6.06. The summed E-state index contributed by atoms with van der Waals surface area (Å²) in [5, 5.41) is 6.19. The van der Waals surface area contributed by atoms with Gasteiger partial charge in [-0.2, -0.15) is 4.98 Å². The van der Waals surface area contributed by atoms with Crippen LogP contribution in [0.1, 0.15) is 44.0 Å². The SMILES string of the molecule is COC1(c2noc(-c3scc(C)c3N)n2)CCCC(C)C1. The molecule has 0 amide bonds. The topological polar surface area (TPSA) is 74.2 Å². The van der Waals surface area contributed by atoms with E-state index in [2.05, 4.69) is 17.1 Å². The van der Waals surface area contributed by atoms with Crippen molar-refractivity contribution in [2.75, 3.05) is 12.8 Å². The van der Waals surface area contributed by atoms with Gasteiger partial charge in [0.25, 0.3) is 5.89 Å². The highest BCUT2D eigenvalue weighted by molar-refractivity contribution is 7.14. The summed E-state index contributed by atoms with van der Waals surface area (Å²) in [4.78, 5) is 5.43. The van der Waals surface area contributed by atoms with Crippen LogP contribution < -0.4 is 5.73 Å². The fraction of sp³-hybridized carbons (Fsp3) is 0.600. The number of aromatic nitrogens is 2. The lowest BCUT2D eigenvalue weighted by atomic mass is 9.78. The molecule has 1 fully saturated rings. The minimum atomic E-state index is -0.416. The van der Waals surface area contributed by atoms with Crippen molar-refractivity contribution in [3.05, 3.63) is 16.8 Å². The maximum absolute atomic E-state index is 6.06. The second kappa shape index (κ2) is 5.42. The third-order valence-corrected chi connectivity index (χ3v) is 5.50. The summed E-state index contributed by atoms with van der Waals surface area (Å²) in [6.07, 6.45) is 4.22. The van der Waals surface area contributed by atoms with Crippen molar-refractivity contribution in [1.82, 2.24) is 10.1 Å². The predicted molar refractivity (Wildman–Crippen MR) is 83.1 cm³/mol. The van der Waals surface area contributed by atoms with E-state index >= 15 is 0 Å². The molecule has 0 aliphatic heterocycles. The van der Waals surface area contributed by atoms with Gasteiger partial charge in [0.15, 0.2) is 0 Å². The summed E-state index contributed by atoms with van der Waals surface area (Å²) in [6, 6.07) is 0. The van der Waals surface area contributed by atoms with Crippen molar-refractivity contribution in [1.29, 1.82) is 0 Å². The molecule has 5 nitrogen and oxygen atoms in total. The molecule has 6 heteroatoms. The molecular weight excluding hydrogens is 286 g/mol. The van der Waals surface area contributed by atoms with Gasteiger partial charge in [-0.3, -0.25) is 0 Å². The molecule has 0 radical (unpaired) electrons. The first-order chi connectivity index (χ1) is 10.1. The molecule has 2 heterocycles. The van der Waals surface area contributed by atoms with Gasteiger partial charge in [-0.05, 0) is 43.0 Å². The fourth-order valence-corrected chi connectivity index (χ4v) is 4.00. The van der Waals surface area contributed by atoms with E-state index in [0.717, 1.165) is 35.4 Å². The Bertz CT molecular complexity index is 637. The van der Waals surface area contributed by atoms with E-state index < -0.39 is 5.60 Å². The number of methoxy groups -OCH3 is 1. The lowest BCUT2D eigenvalue weighted by Crippen LogP contribution is -2.35. The van der Waals surface area contributed by atoms with Crippen molar-refractivity contribution in [3.63, 3.8) is 0 Å². The van der Waals surface area contributed by atoms with Crippen molar-refractivity contribution in [2.24, 2.45) is 5.92 Å². The molecule has 3 rings (SSSR count). The van der Waals surface area contributed by atoms with Gasteiger partial charge in [0.2, 0.25) is 5.82 Å². The van der Waals surface area contributed by atoms with Crippen molar-refractivity contribution < 1.29 is 9.26 Å². The number of anilines is 1. The number of nitrogen functional groups attached to an aromatic ring is 1. The fourth-order valence-electron chi connectivity index (χ4n) is 3.10. The van der Waals surface area contributed by atoms with E-state index in [1.54, 1.807) is 7.11 Å². The third kappa shape index (κ3) is 2.46. The number of hydrogen-bond acceptors (Lipinski definition) is 6. The largest absolute Gasteiger partial charge is 0.397 e. The van der Waals surface area contributed by atoms with Crippen LogP contribution >= 0.6 is 11.3 Å². The van der Waals surface area contributed by atoms with Crippen LogP contribution in [0, 0.1) is 12.8 Å². The molecule has 2 aromatic heterocycles. The maximum Gasteiger partial charge on any atom is 0.270 e. The van der Waals surface area contributed by atoms with E-state index in [9.17, 15) is 0 Å². The summed E-state index contributed by atoms with van der Waals surface area (Å²) >= 11 is 1.53. The van der Waals surface area contributed by atoms with Gasteiger partial charge < -0.3 is 15.0 Å². The number of hydrogen-bond donors (Lipinski definition) is 1. The minimum absolute atomic E-state index is 0.416. The number of nitrogens with two attached hydrogens (primary N) is 1. The molecule has 21 heavy (non-hydrogen) atoms. The van der Waals surface area contributed by atoms with Gasteiger partial charge in [-0.15, -0.1) is 11.3 Å². The normalized spacial score (nSPS) is 26.1. The van der Waals surface area contributed by atoms with E-state index in [1.165, 1.54) is 17.8 Å². The Labute approximate surface area is 128 Å². The minimum Gasteiger partial charge on any atom is -0.397 e. The quantitative estimate of drug-likeness (QED) is 0.935. The first-order valence-corrected chi connectivity index (χ1v) is 8.17. The van der Waals surface area contributed by atoms with E-state index in [1.807, 2.05) is 12.3 Å². The van der Waals surface area contributed by atoms with Gasteiger partial charge in [0, 0.05) is 7.11 Å². The molecule has 2 aromatic rings. The van der Waals surface area contributed by atoms with Crippen LogP contribution in [0.15, 0.2) is 9.90 Å². The van der Waals surface area contributed by atoms with Gasteiger partial charge in [-0.1, -0.05) is 18.5 Å². The van der Waals surface area contributed by atoms with Crippen LogP contribution in [0.5, 0.6) is 0 Å². The lowest BCUT2D eigenvalue weighted by molar-refractivity contribution is -0.0658. The highest BCUT2D eigenvalue weighted by Crippen LogP contribution is 2.42. The zero-order valence-corrected chi connectivity index (χ0v) is 13.5. The average Bonchev–Trinajstić information content (AvgIpc) is 3.08. The second-order valence-electron chi connectivity index (χ2n) is 5.98. The van der Waals surface area contributed by atoms with Crippen LogP contribution in [0.4, 0.5) is 5.69 Å².